The van der Waals surface area contributed by atoms with E-state index in [-0.39, 0.29) is 11.8 Å². The molecular formula is C13H17NO4S. The molecule has 0 amide bonds. The Labute approximate surface area is 113 Å². The highest BCUT2D eigenvalue weighted by Crippen LogP contribution is 2.16. The van der Waals surface area contributed by atoms with Crippen LogP contribution in [0.15, 0.2) is 30.3 Å². The van der Waals surface area contributed by atoms with E-state index in [0.717, 1.165) is 11.6 Å². The normalized spacial score (nSPS) is 13.6. The minimum atomic E-state index is -3.27. The third kappa shape index (κ3) is 5.23. The van der Waals surface area contributed by atoms with E-state index >= 15 is 0 Å². The number of rotatable bonds is 6. The van der Waals surface area contributed by atoms with E-state index in [4.69, 9.17) is 5.11 Å². The summed E-state index contributed by atoms with van der Waals surface area (Å²) in [6.07, 6.45) is 2.51. The SMILES string of the molecule is CCS(=O)(=O)NC(C)c1cccc(C=CC(=O)O)c1. The molecule has 0 aliphatic heterocycles. The fourth-order valence-corrected chi connectivity index (χ4v) is 2.36. The Balaban J connectivity index is 2.90. The van der Waals surface area contributed by atoms with Crippen LogP contribution < -0.4 is 4.72 Å². The highest BCUT2D eigenvalue weighted by molar-refractivity contribution is 7.89. The van der Waals surface area contributed by atoms with E-state index in [0.29, 0.717) is 5.56 Å². The predicted molar refractivity (Wildman–Crippen MR) is 74.1 cm³/mol. The van der Waals surface area contributed by atoms with Crippen LogP contribution >= 0.6 is 0 Å². The number of sulfonamides is 1. The molecule has 0 spiro atoms. The third-order valence-electron chi connectivity index (χ3n) is 2.57. The van der Waals surface area contributed by atoms with Gasteiger partial charge >= 0.3 is 5.97 Å². The van der Waals surface area contributed by atoms with Crippen LogP contribution in [0.4, 0.5) is 0 Å². The van der Waals surface area contributed by atoms with E-state index in [1.165, 1.54) is 6.08 Å². The topological polar surface area (TPSA) is 83.5 Å². The van der Waals surface area contributed by atoms with Crippen molar-refractivity contribution in [2.45, 2.75) is 19.9 Å². The summed E-state index contributed by atoms with van der Waals surface area (Å²) >= 11 is 0. The smallest absolute Gasteiger partial charge is 0.328 e. The number of carboxylic acid groups (broad SMARTS) is 1. The molecule has 0 aromatic heterocycles. The zero-order chi connectivity index (χ0) is 14.5. The van der Waals surface area contributed by atoms with Crippen LogP contribution in [-0.4, -0.2) is 25.2 Å². The van der Waals surface area contributed by atoms with E-state index in [9.17, 15) is 13.2 Å². The molecular weight excluding hydrogens is 266 g/mol. The highest BCUT2D eigenvalue weighted by atomic mass is 32.2. The zero-order valence-electron chi connectivity index (χ0n) is 10.8. The Hall–Kier alpha value is -1.66. The van der Waals surface area contributed by atoms with Gasteiger partial charge in [0, 0.05) is 12.1 Å². The van der Waals surface area contributed by atoms with E-state index in [2.05, 4.69) is 4.72 Å². The van der Waals surface area contributed by atoms with E-state index in [1.807, 2.05) is 0 Å². The Morgan fingerprint density at radius 2 is 2.16 bits per heavy atom. The molecule has 0 radical (unpaired) electrons. The summed E-state index contributed by atoms with van der Waals surface area (Å²) in [7, 11) is -3.27. The molecule has 104 valence electrons. The molecule has 2 N–H and O–H groups in total. The van der Waals surface area contributed by atoms with E-state index < -0.39 is 16.0 Å². The molecule has 0 heterocycles. The summed E-state index contributed by atoms with van der Waals surface area (Å²) in [6.45, 7) is 3.31. The van der Waals surface area contributed by atoms with Crippen molar-refractivity contribution >= 4 is 22.1 Å². The molecule has 6 heteroatoms. The fourth-order valence-electron chi connectivity index (χ4n) is 1.52. The van der Waals surface area contributed by atoms with Crippen molar-refractivity contribution in [2.24, 2.45) is 0 Å². The maximum Gasteiger partial charge on any atom is 0.328 e. The van der Waals surface area contributed by atoms with Gasteiger partial charge in [0.05, 0.1) is 5.75 Å². The van der Waals surface area contributed by atoms with Gasteiger partial charge in [0.15, 0.2) is 0 Å². The van der Waals surface area contributed by atoms with Crippen LogP contribution in [0.25, 0.3) is 6.08 Å². The number of aliphatic carboxylic acids is 1. The second kappa shape index (κ2) is 6.49. The summed E-state index contributed by atoms with van der Waals surface area (Å²) in [6, 6.07) is 6.70. The van der Waals surface area contributed by atoms with Crippen LogP contribution in [-0.2, 0) is 14.8 Å². The Bertz CT molecular complexity index is 578. The highest BCUT2D eigenvalue weighted by Gasteiger charge is 2.13. The lowest BCUT2D eigenvalue weighted by Crippen LogP contribution is -2.28. The number of carboxylic acids is 1. The number of nitrogens with one attached hydrogen (secondary N) is 1. The lowest BCUT2D eigenvalue weighted by molar-refractivity contribution is -0.131. The molecule has 1 aromatic carbocycles. The number of carbonyl (C=O) groups is 1. The first-order chi connectivity index (χ1) is 8.84. The molecule has 1 unspecified atom stereocenters. The molecule has 1 aromatic rings. The van der Waals surface area contributed by atoms with E-state index in [1.54, 1.807) is 38.1 Å². The monoisotopic (exact) mass is 283 g/mol. The predicted octanol–water partition coefficient (Wildman–Crippen LogP) is 1.78. The van der Waals surface area contributed by atoms with Crippen LogP contribution in [0.2, 0.25) is 0 Å². The van der Waals surface area contributed by atoms with Crippen molar-refractivity contribution in [1.82, 2.24) is 4.72 Å². The molecule has 0 aliphatic carbocycles. The van der Waals surface area contributed by atoms with Gasteiger partial charge in [-0.2, -0.15) is 0 Å². The molecule has 0 bridgehead atoms. The molecule has 1 atom stereocenters. The zero-order valence-corrected chi connectivity index (χ0v) is 11.6. The van der Waals surface area contributed by atoms with Crippen molar-refractivity contribution in [2.75, 3.05) is 5.75 Å². The summed E-state index contributed by atoms with van der Waals surface area (Å²) in [4.78, 5) is 10.4. The van der Waals surface area contributed by atoms with Gasteiger partial charge in [0.25, 0.3) is 0 Å². The second-order valence-corrected chi connectivity index (χ2v) is 6.13. The summed E-state index contributed by atoms with van der Waals surface area (Å²) in [5.74, 6) is -0.999. The average Bonchev–Trinajstić information content (AvgIpc) is 2.36. The van der Waals surface area contributed by atoms with Crippen molar-refractivity contribution in [3.05, 3.63) is 41.5 Å². The van der Waals surface area contributed by atoms with Gasteiger partial charge < -0.3 is 5.11 Å². The quantitative estimate of drug-likeness (QED) is 0.780. The van der Waals surface area contributed by atoms with Gasteiger partial charge in [-0.3, -0.25) is 0 Å². The van der Waals surface area contributed by atoms with Crippen LogP contribution in [0.3, 0.4) is 0 Å². The molecule has 0 saturated carbocycles. The van der Waals surface area contributed by atoms with Gasteiger partial charge in [-0.25, -0.2) is 17.9 Å². The molecule has 1 rings (SSSR count). The summed E-state index contributed by atoms with van der Waals surface area (Å²) < 4.78 is 25.5. The molecule has 0 saturated heterocycles. The lowest BCUT2D eigenvalue weighted by atomic mass is 10.1. The first-order valence-corrected chi connectivity index (χ1v) is 7.50. The number of hydrogen-bond acceptors (Lipinski definition) is 3. The standard InChI is InChI=1S/C13H17NO4S/c1-3-19(17,18)14-10(2)12-6-4-5-11(9-12)7-8-13(15)16/h4-10,14H,3H2,1-2H3,(H,15,16). The molecule has 19 heavy (non-hydrogen) atoms. The van der Waals surface area contributed by atoms with Gasteiger partial charge in [-0.1, -0.05) is 24.3 Å². The van der Waals surface area contributed by atoms with Gasteiger partial charge in [0.1, 0.15) is 0 Å². The van der Waals surface area contributed by atoms with Crippen molar-refractivity contribution in [1.29, 1.82) is 0 Å². The van der Waals surface area contributed by atoms with Crippen LogP contribution in [0, 0.1) is 0 Å². The Morgan fingerprint density at radius 1 is 1.47 bits per heavy atom. The van der Waals surface area contributed by atoms with Crippen molar-refractivity contribution in [3.8, 4) is 0 Å². The van der Waals surface area contributed by atoms with Crippen LogP contribution in [0.5, 0.6) is 0 Å². The van der Waals surface area contributed by atoms with Crippen molar-refractivity contribution in [3.63, 3.8) is 0 Å². The third-order valence-corrected chi connectivity index (χ3v) is 4.04. The lowest BCUT2D eigenvalue weighted by Gasteiger charge is -2.14. The largest absolute Gasteiger partial charge is 0.478 e. The summed E-state index contributed by atoms with van der Waals surface area (Å²) in [5, 5.41) is 8.56. The minimum Gasteiger partial charge on any atom is -0.478 e. The molecule has 5 nitrogen and oxygen atoms in total. The van der Waals surface area contributed by atoms with Gasteiger partial charge in [-0.15, -0.1) is 0 Å². The summed E-state index contributed by atoms with van der Waals surface area (Å²) in [5.41, 5.74) is 1.49. The first-order valence-electron chi connectivity index (χ1n) is 5.85. The van der Waals surface area contributed by atoms with Gasteiger partial charge in [-0.05, 0) is 31.1 Å². The minimum absolute atomic E-state index is 0.0238. The second-order valence-electron chi connectivity index (χ2n) is 4.08. The van der Waals surface area contributed by atoms with Gasteiger partial charge in [0.2, 0.25) is 10.0 Å². The average molecular weight is 283 g/mol. The maximum atomic E-state index is 11.5. The fraction of sp³-hybridized carbons (Fsp3) is 0.308. The maximum absolute atomic E-state index is 11.5. The molecule has 0 fully saturated rings. The first kappa shape index (κ1) is 15.4. The molecule has 0 aliphatic rings. The Kier molecular flexibility index (Phi) is 5.26. The Morgan fingerprint density at radius 3 is 2.74 bits per heavy atom. The number of benzene rings is 1. The van der Waals surface area contributed by atoms with Crippen LogP contribution in [0.1, 0.15) is 31.0 Å². The number of hydrogen-bond donors (Lipinski definition) is 2. The van der Waals surface area contributed by atoms with Crippen molar-refractivity contribution < 1.29 is 18.3 Å².